The first-order valence-electron chi connectivity index (χ1n) is 5.57. The van der Waals surface area contributed by atoms with Crippen molar-refractivity contribution in [3.05, 3.63) is 35.2 Å². The van der Waals surface area contributed by atoms with Gasteiger partial charge in [0, 0.05) is 22.0 Å². The quantitative estimate of drug-likeness (QED) is 0.889. The van der Waals surface area contributed by atoms with Gasteiger partial charge in [0.25, 0.3) is 5.91 Å². The third-order valence-corrected chi connectivity index (χ3v) is 3.68. The molecule has 18 heavy (non-hydrogen) atoms. The lowest BCUT2D eigenvalue weighted by molar-refractivity contribution is -0.140. The largest absolute Gasteiger partial charge is 0.481 e. The van der Waals surface area contributed by atoms with Gasteiger partial charge in [-0.3, -0.25) is 9.59 Å². The second-order valence-corrected chi connectivity index (χ2v) is 5.01. The van der Waals surface area contributed by atoms with Crippen LogP contribution in [-0.2, 0) is 4.79 Å². The van der Waals surface area contributed by atoms with Gasteiger partial charge in [-0.05, 0) is 6.07 Å². The van der Waals surface area contributed by atoms with E-state index >= 15 is 0 Å². The van der Waals surface area contributed by atoms with E-state index in [0.717, 1.165) is 10.1 Å². The molecule has 2 rings (SSSR count). The Balaban J connectivity index is 2.12. The average molecular weight is 263 g/mol. The van der Waals surface area contributed by atoms with Gasteiger partial charge in [0.2, 0.25) is 0 Å². The molecule has 1 unspecified atom stereocenters. The molecule has 0 saturated carbocycles. The Morgan fingerprint density at radius 2 is 2.11 bits per heavy atom. The molecule has 0 aliphatic heterocycles. The Hall–Kier alpha value is -1.88. The zero-order chi connectivity index (χ0) is 13.1. The van der Waals surface area contributed by atoms with Crippen molar-refractivity contribution in [2.24, 2.45) is 5.92 Å². The highest BCUT2D eigenvalue weighted by Gasteiger charge is 2.15. The van der Waals surface area contributed by atoms with Crippen LogP contribution in [-0.4, -0.2) is 23.5 Å². The fraction of sp³-hybridized carbons (Fsp3) is 0.231. The first-order chi connectivity index (χ1) is 8.59. The normalized spacial score (nSPS) is 12.3. The van der Waals surface area contributed by atoms with E-state index in [1.165, 1.54) is 11.3 Å². The number of hydrogen-bond donors (Lipinski definition) is 2. The number of hydrogen-bond acceptors (Lipinski definition) is 3. The molecule has 2 N–H and O–H groups in total. The van der Waals surface area contributed by atoms with Crippen molar-refractivity contribution in [3.63, 3.8) is 0 Å². The van der Waals surface area contributed by atoms with E-state index in [0.29, 0.717) is 5.56 Å². The van der Waals surface area contributed by atoms with E-state index in [4.69, 9.17) is 5.11 Å². The first kappa shape index (κ1) is 12.6. The van der Waals surface area contributed by atoms with E-state index in [1.54, 1.807) is 12.3 Å². The van der Waals surface area contributed by atoms with Gasteiger partial charge in [0.1, 0.15) is 0 Å². The van der Waals surface area contributed by atoms with Crippen molar-refractivity contribution in [3.8, 4) is 0 Å². The molecule has 1 atom stereocenters. The topological polar surface area (TPSA) is 66.4 Å². The van der Waals surface area contributed by atoms with Crippen molar-refractivity contribution in [1.29, 1.82) is 0 Å². The van der Waals surface area contributed by atoms with Gasteiger partial charge in [-0.25, -0.2) is 0 Å². The zero-order valence-electron chi connectivity index (χ0n) is 9.84. The lowest BCUT2D eigenvalue weighted by Crippen LogP contribution is -2.31. The maximum Gasteiger partial charge on any atom is 0.308 e. The van der Waals surface area contributed by atoms with E-state index in [9.17, 15) is 9.59 Å². The van der Waals surface area contributed by atoms with Crippen LogP contribution in [0.3, 0.4) is 0 Å². The smallest absolute Gasteiger partial charge is 0.308 e. The lowest BCUT2D eigenvalue weighted by atomic mass is 10.1. The first-order valence-corrected chi connectivity index (χ1v) is 6.45. The minimum absolute atomic E-state index is 0.137. The van der Waals surface area contributed by atoms with Crippen LogP contribution in [0.4, 0.5) is 0 Å². The van der Waals surface area contributed by atoms with Gasteiger partial charge < -0.3 is 10.4 Å². The number of carbonyl (C=O) groups is 2. The second kappa shape index (κ2) is 5.18. The van der Waals surface area contributed by atoms with Crippen LogP contribution in [0.25, 0.3) is 10.1 Å². The maximum atomic E-state index is 11.9. The molecule has 4 nitrogen and oxygen atoms in total. The SMILES string of the molecule is CC(CNC(=O)c1csc2ccccc12)C(=O)O. The molecule has 1 aromatic heterocycles. The second-order valence-electron chi connectivity index (χ2n) is 4.09. The molecule has 0 saturated heterocycles. The van der Waals surface area contributed by atoms with Gasteiger partial charge in [0.15, 0.2) is 0 Å². The van der Waals surface area contributed by atoms with Crippen molar-refractivity contribution in [1.82, 2.24) is 5.32 Å². The number of carbonyl (C=O) groups excluding carboxylic acids is 1. The highest BCUT2D eigenvalue weighted by Crippen LogP contribution is 2.25. The molecule has 1 heterocycles. The van der Waals surface area contributed by atoms with E-state index in [-0.39, 0.29) is 12.5 Å². The Bertz CT molecular complexity index is 591. The number of carboxylic acid groups (broad SMARTS) is 1. The molecule has 1 aromatic carbocycles. The molecular formula is C13H13NO3S. The number of amides is 1. The molecule has 0 radical (unpaired) electrons. The molecule has 5 heteroatoms. The van der Waals surface area contributed by atoms with Gasteiger partial charge in [0.05, 0.1) is 11.5 Å². The summed E-state index contributed by atoms with van der Waals surface area (Å²) in [6.45, 7) is 1.70. The Morgan fingerprint density at radius 1 is 1.39 bits per heavy atom. The predicted molar refractivity (Wildman–Crippen MR) is 71.0 cm³/mol. The Labute approximate surface area is 108 Å². The van der Waals surface area contributed by atoms with Crippen molar-refractivity contribution >= 4 is 33.3 Å². The monoisotopic (exact) mass is 263 g/mol. The number of rotatable bonds is 4. The van der Waals surface area contributed by atoms with E-state index < -0.39 is 11.9 Å². The highest BCUT2D eigenvalue weighted by atomic mass is 32.1. The van der Waals surface area contributed by atoms with Crippen LogP contribution in [0.5, 0.6) is 0 Å². The summed E-state index contributed by atoms with van der Waals surface area (Å²) in [6.07, 6.45) is 0. The summed E-state index contributed by atoms with van der Waals surface area (Å²) >= 11 is 1.51. The van der Waals surface area contributed by atoms with Crippen LogP contribution < -0.4 is 5.32 Å². The molecule has 0 spiro atoms. The minimum Gasteiger partial charge on any atom is -0.481 e. The van der Waals surface area contributed by atoms with Crippen LogP contribution >= 0.6 is 11.3 Å². The Kier molecular flexibility index (Phi) is 3.62. The maximum absolute atomic E-state index is 11.9. The van der Waals surface area contributed by atoms with Gasteiger partial charge >= 0.3 is 5.97 Å². The standard InChI is InChI=1S/C13H13NO3S/c1-8(13(16)17)6-14-12(15)10-7-18-11-5-3-2-4-9(10)11/h2-5,7-8H,6H2,1H3,(H,14,15)(H,16,17). The minimum atomic E-state index is -0.912. The fourth-order valence-corrected chi connectivity index (χ4v) is 2.52. The summed E-state index contributed by atoms with van der Waals surface area (Å²) < 4.78 is 1.05. The van der Waals surface area contributed by atoms with Crippen LogP contribution in [0.2, 0.25) is 0 Å². The number of benzene rings is 1. The van der Waals surface area contributed by atoms with Crippen LogP contribution in [0, 0.1) is 5.92 Å². The number of aliphatic carboxylic acids is 1. The molecular weight excluding hydrogens is 250 g/mol. The highest BCUT2D eigenvalue weighted by molar-refractivity contribution is 7.17. The predicted octanol–water partition coefficient (Wildman–Crippen LogP) is 2.35. The summed E-state index contributed by atoms with van der Waals surface area (Å²) in [5.74, 6) is -1.72. The van der Waals surface area contributed by atoms with Gasteiger partial charge in [-0.15, -0.1) is 11.3 Å². The molecule has 1 amide bonds. The zero-order valence-corrected chi connectivity index (χ0v) is 10.7. The van der Waals surface area contributed by atoms with E-state index in [2.05, 4.69) is 5.32 Å². The number of nitrogens with one attached hydrogen (secondary N) is 1. The molecule has 0 aliphatic rings. The van der Waals surface area contributed by atoms with Crippen LogP contribution in [0.1, 0.15) is 17.3 Å². The third-order valence-electron chi connectivity index (χ3n) is 2.72. The number of carboxylic acids is 1. The summed E-state index contributed by atoms with van der Waals surface area (Å²) in [5.41, 5.74) is 0.605. The average Bonchev–Trinajstić information content (AvgIpc) is 2.79. The molecule has 0 bridgehead atoms. The van der Waals surface area contributed by atoms with Crippen molar-refractivity contribution in [2.75, 3.05) is 6.54 Å². The van der Waals surface area contributed by atoms with Gasteiger partial charge in [-0.1, -0.05) is 25.1 Å². The summed E-state index contributed by atoms with van der Waals surface area (Å²) in [6, 6.07) is 7.65. The summed E-state index contributed by atoms with van der Waals surface area (Å²) in [7, 11) is 0. The summed E-state index contributed by atoms with van der Waals surface area (Å²) in [4.78, 5) is 22.6. The van der Waals surface area contributed by atoms with Crippen LogP contribution in [0.15, 0.2) is 29.6 Å². The molecule has 2 aromatic rings. The van der Waals surface area contributed by atoms with E-state index in [1.807, 2.05) is 24.3 Å². The number of thiophene rings is 1. The Morgan fingerprint density at radius 3 is 2.83 bits per heavy atom. The molecule has 0 aliphatic carbocycles. The molecule has 94 valence electrons. The summed E-state index contributed by atoms with van der Waals surface area (Å²) in [5, 5.41) is 14.1. The van der Waals surface area contributed by atoms with Crippen molar-refractivity contribution in [2.45, 2.75) is 6.92 Å². The number of fused-ring (bicyclic) bond motifs is 1. The lowest BCUT2D eigenvalue weighted by Gasteiger charge is -2.07. The molecule has 0 fully saturated rings. The van der Waals surface area contributed by atoms with Gasteiger partial charge in [-0.2, -0.15) is 0 Å². The fourth-order valence-electron chi connectivity index (χ4n) is 1.58. The van der Waals surface area contributed by atoms with Crippen molar-refractivity contribution < 1.29 is 14.7 Å². The third kappa shape index (κ3) is 2.51.